The van der Waals surface area contributed by atoms with Crippen LogP contribution in [-0.4, -0.2) is 48.9 Å². The summed E-state index contributed by atoms with van der Waals surface area (Å²) in [6, 6.07) is 8.19. The Morgan fingerprint density at radius 2 is 2.08 bits per heavy atom. The van der Waals surface area contributed by atoms with Crippen molar-refractivity contribution < 1.29 is 13.2 Å². The highest BCUT2D eigenvalue weighted by Gasteiger charge is 2.50. The van der Waals surface area contributed by atoms with Crippen molar-refractivity contribution in [3.05, 3.63) is 48.0 Å². The molecule has 1 unspecified atom stereocenters. The van der Waals surface area contributed by atoms with E-state index in [1.807, 2.05) is 30.0 Å². The smallest absolute Gasteiger partial charge is 0.230 e. The van der Waals surface area contributed by atoms with Crippen LogP contribution in [0, 0.1) is 12.3 Å². The summed E-state index contributed by atoms with van der Waals surface area (Å²) in [4.78, 5) is 15.1. The molecule has 0 bridgehead atoms. The van der Waals surface area contributed by atoms with E-state index in [4.69, 9.17) is 0 Å². The zero-order valence-corrected chi connectivity index (χ0v) is 15.6. The fraction of sp³-hybridized carbons (Fsp3) is 0.526. The van der Waals surface area contributed by atoms with Gasteiger partial charge in [0, 0.05) is 26.2 Å². The number of aryl methyl sites for hydroxylation is 1. The zero-order chi connectivity index (χ0) is 18.1. The average Bonchev–Trinajstić information content (AvgIpc) is 2.98. The molecular formula is C19H26N2O3S. The van der Waals surface area contributed by atoms with Gasteiger partial charge >= 0.3 is 0 Å². The third-order valence-corrected chi connectivity index (χ3v) is 7.08. The first kappa shape index (κ1) is 18.1. The number of sulfonamides is 1. The maximum absolute atomic E-state index is 13.2. The molecule has 2 fully saturated rings. The second-order valence-electron chi connectivity index (χ2n) is 7.25. The summed E-state index contributed by atoms with van der Waals surface area (Å²) in [6.45, 7) is 7.65. The molecule has 3 rings (SSSR count). The molecule has 0 N–H and O–H groups in total. The van der Waals surface area contributed by atoms with Gasteiger partial charge in [0.1, 0.15) is 0 Å². The van der Waals surface area contributed by atoms with Crippen LogP contribution in [0.15, 0.2) is 36.9 Å². The van der Waals surface area contributed by atoms with E-state index in [1.54, 1.807) is 0 Å². The lowest BCUT2D eigenvalue weighted by Gasteiger charge is -2.39. The molecule has 5 nitrogen and oxygen atoms in total. The maximum Gasteiger partial charge on any atom is 0.230 e. The van der Waals surface area contributed by atoms with E-state index in [-0.39, 0.29) is 11.7 Å². The number of piperidine rings is 1. The maximum atomic E-state index is 13.2. The van der Waals surface area contributed by atoms with Gasteiger partial charge in [0.05, 0.1) is 11.2 Å². The molecule has 2 aliphatic rings. The fourth-order valence-electron chi connectivity index (χ4n) is 4.04. The van der Waals surface area contributed by atoms with Crippen molar-refractivity contribution in [1.29, 1.82) is 0 Å². The van der Waals surface area contributed by atoms with Crippen LogP contribution < -0.4 is 0 Å². The summed E-state index contributed by atoms with van der Waals surface area (Å²) in [5.41, 5.74) is 1.76. The van der Waals surface area contributed by atoms with Crippen LogP contribution >= 0.6 is 0 Å². The van der Waals surface area contributed by atoms with E-state index in [9.17, 15) is 13.2 Å². The van der Waals surface area contributed by atoms with Crippen LogP contribution in [0.1, 0.15) is 30.4 Å². The molecule has 1 aromatic carbocycles. The Hall–Kier alpha value is -1.66. The van der Waals surface area contributed by atoms with E-state index < -0.39 is 15.4 Å². The molecule has 25 heavy (non-hydrogen) atoms. The second-order valence-corrected chi connectivity index (χ2v) is 9.26. The minimum absolute atomic E-state index is 0.0652. The van der Waals surface area contributed by atoms with Crippen molar-refractivity contribution in [2.75, 3.05) is 25.4 Å². The molecule has 0 radical (unpaired) electrons. The van der Waals surface area contributed by atoms with E-state index in [0.29, 0.717) is 26.1 Å². The first-order valence-corrected chi connectivity index (χ1v) is 10.4. The number of carbonyl (C=O) groups is 1. The van der Waals surface area contributed by atoms with E-state index in [2.05, 4.69) is 12.6 Å². The van der Waals surface area contributed by atoms with Gasteiger partial charge in [-0.15, -0.1) is 6.58 Å². The Bertz CT molecular complexity index is 775. The topological polar surface area (TPSA) is 57.7 Å². The summed E-state index contributed by atoms with van der Waals surface area (Å²) in [6.07, 6.45) is 3.72. The van der Waals surface area contributed by atoms with Gasteiger partial charge in [-0.3, -0.25) is 4.79 Å². The molecular weight excluding hydrogens is 336 g/mol. The number of hydrogen-bond donors (Lipinski definition) is 0. The van der Waals surface area contributed by atoms with Gasteiger partial charge in [-0.2, -0.15) is 0 Å². The highest BCUT2D eigenvalue weighted by Crippen LogP contribution is 2.41. The Kier molecular flexibility index (Phi) is 5.02. The molecule has 0 aliphatic carbocycles. The Labute approximate surface area is 150 Å². The molecule has 1 aromatic rings. The molecule has 1 amide bonds. The molecule has 0 saturated carbocycles. The lowest BCUT2D eigenvalue weighted by Crippen LogP contribution is -2.50. The molecule has 6 heteroatoms. The van der Waals surface area contributed by atoms with Crippen LogP contribution in [0.25, 0.3) is 0 Å². The summed E-state index contributed by atoms with van der Waals surface area (Å²) >= 11 is 0. The molecule has 2 heterocycles. The van der Waals surface area contributed by atoms with Gasteiger partial charge in [0.15, 0.2) is 0 Å². The third kappa shape index (κ3) is 3.65. The lowest BCUT2D eigenvalue weighted by atomic mass is 9.78. The van der Waals surface area contributed by atoms with Crippen LogP contribution in [0.2, 0.25) is 0 Å². The van der Waals surface area contributed by atoms with Gasteiger partial charge in [0.2, 0.25) is 15.9 Å². The molecule has 136 valence electrons. The van der Waals surface area contributed by atoms with Gasteiger partial charge in [-0.1, -0.05) is 35.9 Å². The third-order valence-electron chi connectivity index (χ3n) is 5.32. The number of hydrogen-bond acceptors (Lipinski definition) is 3. The normalized spacial score (nSPS) is 24.8. The standard InChI is InChI=1S/C19H26N2O3S/c1-3-12-25(23,24)21-11-9-19(15-21)8-5-10-20(18(19)22)14-17-7-4-6-16(2)13-17/h3-4,6-7,13H,1,5,8-12,14-15H2,2H3. The SMILES string of the molecule is C=CCS(=O)(=O)N1CCC2(CCCN(Cc3cccc(C)c3)C2=O)C1. The zero-order valence-electron chi connectivity index (χ0n) is 14.8. The quantitative estimate of drug-likeness (QED) is 0.756. The molecule has 0 aromatic heterocycles. The van der Waals surface area contributed by atoms with Gasteiger partial charge in [-0.05, 0) is 31.7 Å². The highest BCUT2D eigenvalue weighted by atomic mass is 32.2. The fourth-order valence-corrected chi connectivity index (χ4v) is 5.36. The van der Waals surface area contributed by atoms with Gasteiger partial charge < -0.3 is 4.90 Å². The lowest BCUT2D eigenvalue weighted by molar-refractivity contribution is -0.146. The monoisotopic (exact) mass is 362 g/mol. The molecule has 2 aliphatic heterocycles. The van der Waals surface area contributed by atoms with E-state index >= 15 is 0 Å². The van der Waals surface area contributed by atoms with E-state index in [0.717, 1.165) is 24.9 Å². The molecule has 1 spiro atoms. The molecule has 2 saturated heterocycles. The Balaban J connectivity index is 1.75. The van der Waals surface area contributed by atoms with Crippen molar-refractivity contribution in [3.63, 3.8) is 0 Å². The predicted molar refractivity (Wildman–Crippen MR) is 98.4 cm³/mol. The van der Waals surface area contributed by atoms with Crippen molar-refractivity contribution in [2.45, 2.75) is 32.7 Å². The number of benzene rings is 1. The van der Waals surface area contributed by atoms with Gasteiger partial charge in [0.25, 0.3) is 0 Å². The summed E-state index contributed by atoms with van der Waals surface area (Å²) in [5.74, 6) is 0.0427. The number of carbonyl (C=O) groups excluding carboxylic acids is 1. The van der Waals surface area contributed by atoms with Crippen molar-refractivity contribution in [1.82, 2.24) is 9.21 Å². The summed E-state index contributed by atoms with van der Waals surface area (Å²) in [7, 11) is -3.35. The summed E-state index contributed by atoms with van der Waals surface area (Å²) < 4.78 is 26.1. The minimum Gasteiger partial charge on any atom is -0.338 e. The average molecular weight is 362 g/mol. The van der Waals surface area contributed by atoms with Crippen molar-refractivity contribution >= 4 is 15.9 Å². The minimum atomic E-state index is -3.35. The van der Waals surface area contributed by atoms with Crippen LogP contribution in [0.3, 0.4) is 0 Å². The van der Waals surface area contributed by atoms with Gasteiger partial charge in [-0.25, -0.2) is 12.7 Å². The number of amides is 1. The highest BCUT2D eigenvalue weighted by molar-refractivity contribution is 7.89. The largest absolute Gasteiger partial charge is 0.338 e. The Morgan fingerprint density at radius 1 is 1.28 bits per heavy atom. The van der Waals surface area contributed by atoms with E-state index in [1.165, 1.54) is 15.9 Å². The number of nitrogens with zero attached hydrogens (tertiary/aromatic N) is 2. The van der Waals surface area contributed by atoms with Crippen molar-refractivity contribution in [2.24, 2.45) is 5.41 Å². The van der Waals surface area contributed by atoms with Crippen LogP contribution in [-0.2, 0) is 21.4 Å². The van der Waals surface area contributed by atoms with Crippen molar-refractivity contribution in [3.8, 4) is 0 Å². The number of rotatable bonds is 5. The second kappa shape index (κ2) is 6.92. The number of likely N-dealkylation sites (tertiary alicyclic amines) is 1. The first-order valence-electron chi connectivity index (χ1n) is 8.80. The first-order chi connectivity index (χ1) is 11.9. The van der Waals surface area contributed by atoms with Crippen LogP contribution in [0.5, 0.6) is 0 Å². The predicted octanol–water partition coefficient (Wildman–Crippen LogP) is 2.33. The molecule has 1 atom stereocenters. The Morgan fingerprint density at radius 3 is 2.80 bits per heavy atom. The van der Waals surface area contributed by atoms with Crippen LogP contribution in [0.4, 0.5) is 0 Å². The summed E-state index contributed by atoms with van der Waals surface area (Å²) in [5, 5.41) is 0.